The molecule has 6 heteroatoms. The van der Waals surface area contributed by atoms with Gasteiger partial charge in [-0.05, 0) is 19.1 Å². The molecule has 6 nitrogen and oxygen atoms in total. The minimum Gasteiger partial charge on any atom is -0.478 e. The highest BCUT2D eigenvalue weighted by molar-refractivity contribution is 6.02. The third-order valence-corrected chi connectivity index (χ3v) is 3.12. The Hall–Kier alpha value is -3.33. The average molecular weight is 307 g/mol. The summed E-state index contributed by atoms with van der Waals surface area (Å²) in [6, 6.07) is 13.2. The van der Waals surface area contributed by atoms with Crippen LogP contribution in [0.2, 0.25) is 0 Å². The third-order valence-electron chi connectivity index (χ3n) is 3.12. The average Bonchev–Trinajstić information content (AvgIpc) is 2.56. The first-order valence-corrected chi connectivity index (χ1v) is 6.76. The van der Waals surface area contributed by atoms with E-state index in [0.29, 0.717) is 5.56 Å². The summed E-state index contributed by atoms with van der Waals surface area (Å²) >= 11 is 0. The normalized spacial score (nSPS) is 11.8. The van der Waals surface area contributed by atoms with Crippen molar-refractivity contribution in [1.82, 2.24) is 0 Å². The molecule has 0 heterocycles. The monoisotopic (exact) mass is 307 g/mol. The van der Waals surface area contributed by atoms with Gasteiger partial charge in [0.25, 0.3) is 0 Å². The van der Waals surface area contributed by atoms with Gasteiger partial charge in [-0.2, -0.15) is 15.5 Å². The van der Waals surface area contributed by atoms with Crippen LogP contribution in [-0.4, -0.2) is 22.9 Å². The zero-order valence-corrected chi connectivity index (χ0v) is 12.3. The van der Waals surface area contributed by atoms with E-state index < -0.39 is 17.8 Å². The van der Waals surface area contributed by atoms with Gasteiger partial charge >= 0.3 is 5.97 Å². The zero-order chi connectivity index (χ0) is 16.8. The molecule has 114 valence electrons. The Morgan fingerprint density at radius 2 is 1.78 bits per heavy atom. The number of hydrogen-bond acceptors (Lipinski definition) is 5. The number of carboxylic acids is 1. The highest BCUT2D eigenvalue weighted by Gasteiger charge is 2.19. The highest BCUT2D eigenvalue weighted by Crippen LogP contribution is 2.20. The largest absolute Gasteiger partial charge is 0.478 e. The zero-order valence-electron chi connectivity index (χ0n) is 12.3. The number of Topliss-reactive ketones (excluding diaryl/α,β-unsaturated/α-hetero) is 1. The van der Waals surface area contributed by atoms with E-state index in [-0.39, 0.29) is 11.3 Å². The molecule has 1 N–H and O–H groups in total. The summed E-state index contributed by atoms with van der Waals surface area (Å²) in [6.07, 6.45) is 0. The van der Waals surface area contributed by atoms with Crippen molar-refractivity contribution >= 4 is 17.4 Å². The maximum atomic E-state index is 12.2. The third kappa shape index (κ3) is 3.86. The molecule has 0 fully saturated rings. The summed E-state index contributed by atoms with van der Waals surface area (Å²) in [6.45, 7) is 1.89. The Kier molecular flexibility index (Phi) is 4.95. The van der Waals surface area contributed by atoms with Gasteiger partial charge in [0.05, 0.1) is 17.3 Å². The fourth-order valence-electron chi connectivity index (χ4n) is 1.87. The molecule has 1 atom stereocenters. The van der Waals surface area contributed by atoms with E-state index in [1.165, 1.54) is 12.1 Å². The van der Waals surface area contributed by atoms with Crippen LogP contribution >= 0.6 is 0 Å². The molecule has 2 aromatic carbocycles. The Morgan fingerprint density at radius 1 is 1.13 bits per heavy atom. The molecule has 0 aliphatic carbocycles. The van der Waals surface area contributed by atoms with Crippen molar-refractivity contribution in [1.29, 1.82) is 5.26 Å². The number of carbonyl (C=O) groups is 2. The highest BCUT2D eigenvalue weighted by atomic mass is 16.4. The summed E-state index contributed by atoms with van der Waals surface area (Å²) in [5, 5.41) is 25.7. The SMILES string of the molecule is Cc1ccc(C(=O)[C@@H](C#N)N=Nc2ccccc2C(=O)O)cc1. The fourth-order valence-corrected chi connectivity index (χ4v) is 1.87. The number of nitrogens with zero attached hydrogens (tertiary/aromatic N) is 3. The first-order chi connectivity index (χ1) is 11.0. The van der Waals surface area contributed by atoms with Crippen molar-refractivity contribution < 1.29 is 14.7 Å². The van der Waals surface area contributed by atoms with Crippen molar-refractivity contribution in [3.05, 3.63) is 65.2 Å². The number of carbonyl (C=O) groups excluding carboxylic acids is 1. The van der Waals surface area contributed by atoms with Crippen molar-refractivity contribution in [2.24, 2.45) is 10.2 Å². The predicted octanol–water partition coefficient (Wildman–Crippen LogP) is 3.55. The van der Waals surface area contributed by atoms with E-state index in [9.17, 15) is 9.59 Å². The number of aryl methyl sites for hydroxylation is 1. The summed E-state index contributed by atoms with van der Waals surface area (Å²) in [5.74, 6) is -1.64. The number of hydrogen-bond donors (Lipinski definition) is 1. The van der Waals surface area contributed by atoms with Crippen LogP contribution in [0.25, 0.3) is 0 Å². The van der Waals surface area contributed by atoms with Crippen LogP contribution in [-0.2, 0) is 0 Å². The van der Waals surface area contributed by atoms with Crippen LogP contribution in [0.15, 0.2) is 58.8 Å². The fraction of sp³-hybridized carbons (Fsp3) is 0.118. The molecule has 23 heavy (non-hydrogen) atoms. The maximum absolute atomic E-state index is 12.2. The van der Waals surface area contributed by atoms with Crippen LogP contribution in [0.5, 0.6) is 0 Å². The van der Waals surface area contributed by atoms with Crippen molar-refractivity contribution in [3.8, 4) is 6.07 Å². The Labute approximate surface area is 132 Å². The molecule has 0 radical (unpaired) electrons. The van der Waals surface area contributed by atoms with Crippen molar-refractivity contribution in [2.45, 2.75) is 13.0 Å². The van der Waals surface area contributed by atoms with Gasteiger partial charge in [0, 0.05) is 5.56 Å². The van der Waals surface area contributed by atoms with Gasteiger partial charge < -0.3 is 5.11 Å². The van der Waals surface area contributed by atoms with Gasteiger partial charge in [-0.15, -0.1) is 0 Å². The number of azo groups is 1. The first kappa shape index (κ1) is 16.0. The molecule has 0 saturated carbocycles. The lowest BCUT2D eigenvalue weighted by Crippen LogP contribution is -2.16. The van der Waals surface area contributed by atoms with E-state index in [2.05, 4.69) is 10.2 Å². The summed E-state index contributed by atoms with van der Waals surface area (Å²) < 4.78 is 0. The number of ketones is 1. The van der Waals surface area contributed by atoms with Crippen LogP contribution in [0.3, 0.4) is 0 Å². The Morgan fingerprint density at radius 3 is 2.39 bits per heavy atom. The van der Waals surface area contributed by atoms with E-state index in [1.54, 1.807) is 42.5 Å². The molecule has 2 rings (SSSR count). The van der Waals surface area contributed by atoms with E-state index >= 15 is 0 Å². The van der Waals surface area contributed by atoms with Crippen LogP contribution in [0, 0.1) is 18.3 Å². The molecule has 0 amide bonds. The molecular formula is C17H13N3O3. The van der Waals surface area contributed by atoms with Gasteiger partial charge in [0.15, 0.2) is 0 Å². The molecule has 0 aliphatic heterocycles. The molecule has 0 saturated heterocycles. The summed E-state index contributed by atoms with van der Waals surface area (Å²) in [5.41, 5.74) is 1.40. The lowest BCUT2D eigenvalue weighted by atomic mass is 10.0. The topological polar surface area (TPSA) is 103 Å². The first-order valence-electron chi connectivity index (χ1n) is 6.76. The number of carboxylic acid groups (broad SMARTS) is 1. The molecular weight excluding hydrogens is 294 g/mol. The molecule has 2 aromatic rings. The van der Waals surface area contributed by atoms with E-state index in [1.807, 2.05) is 6.92 Å². The van der Waals surface area contributed by atoms with E-state index in [4.69, 9.17) is 10.4 Å². The van der Waals surface area contributed by atoms with Crippen LogP contribution in [0.1, 0.15) is 26.3 Å². The van der Waals surface area contributed by atoms with Gasteiger partial charge in [0.1, 0.15) is 0 Å². The number of rotatable bonds is 5. The van der Waals surface area contributed by atoms with Crippen LogP contribution in [0.4, 0.5) is 5.69 Å². The summed E-state index contributed by atoms with van der Waals surface area (Å²) in [7, 11) is 0. The Balaban J connectivity index is 2.26. The smallest absolute Gasteiger partial charge is 0.337 e. The molecule has 0 bridgehead atoms. The summed E-state index contributed by atoms with van der Waals surface area (Å²) in [4.78, 5) is 23.3. The maximum Gasteiger partial charge on any atom is 0.337 e. The lowest BCUT2D eigenvalue weighted by Gasteiger charge is -2.03. The van der Waals surface area contributed by atoms with Gasteiger partial charge in [-0.1, -0.05) is 42.0 Å². The molecule has 0 aliphatic rings. The molecule has 0 spiro atoms. The van der Waals surface area contributed by atoms with Gasteiger partial charge in [-0.3, -0.25) is 4.79 Å². The van der Waals surface area contributed by atoms with Gasteiger partial charge in [-0.25, -0.2) is 4.79 Å². The minimum atomic E-state index is -1.32. The standard InChI is InChI=1S/C17H13N3O3/c1-11-6-8-12(9-7-11)16(21)15(10-18)20-19-14-5-3-2-4-13(14)17(22)23/h2-9,15H,1H3,(H,22,23)/t15-/m1/s1. The molecule has 0 aromatic heterocycles. The lowest BCUT2D eigenvalue weighted by molar-refractivity contribution is 0.0697. The second-order valence-corrected chi connectivity index (χ2v) is 4.80. The van der Waals surface area contributed by atoms with E-state index in [0.717, 1.165) is 5.56 Å². The number of benzene rings is 2. The van der Waals surface area contributed by atoms with Crippen molar-refractivity contribution in [2.75, 3.05) is 0 Å². The van der Waals surface area contributed by atoms with Crippen LogP contribution < -0.4 is 0 Å². The predicted molar refractivity (Wildman–Crippen MR) is 82.8 cm³/mol. The van der Waals surface area contributed by atoms with Gasteiger partial charge in [0.2, 0.25) is 11.8 Å². The number of aromatic carboxylic acids is 1. The second-order valence-electron chi connectivity index (χ2n) is 4.80. The quantitative estimate of drug-likeness (QED) is 0.673. The Bertz CT molecular complexity index is 805. The minimum absolute atomic E-state index is 0.0456. The molecule has 0 unspecified atom stereocenters. The number of nitriles is 1. The second kappa shape index (κ2) is 7.09. The van der Waals surface area contributed by atoms with Crippen molar-refractivity contribution in [3.63, 3.8) is 0 Å².